The monoisotopic (exact) mass is 443 g/mol. The van der Waals surface area contributed by atoms with Crippen LogP contribution in [0.1, 0.15) is 51.6 Å². The molecule has 0 radical (unpaired) electrons. The molecule has 1 aliphatic heterocycles. The number of hydrogen-bond acceptors (Lipinski definition) is 6. The highest BCUT2D eigenvalue weighted by atomic mass is 32.2. The first kappa shape index (κ1) is 22.9. The van der Waals surface area contributed by atoms with Gasteiger partial charge in [0.25, 0.3) is 5.91 Å². The van der Waals surface area contributed by atoms with E-state index >= 15 is 0 Å². The molecule has 3 rings (SSSR count). The Morgan fingerprint density at radius 3 is 2.58 bits per heavy atom. The summed E-state index contributed by atoms with van der Waals surface area (Å²) in [5, 5.41) is 0.510. The van der Waals surface area contributed by atoms with Gasteiger partial charge in [-0.3, -0.25) is 9.59 Å². The normalized spacial score (nSPS) is 15.8. The van der Waals surface area contributed by atoms with Crippen molar-refractivity contribution in [2.75, 3.05) is 26.5 Å². The highest BCUT2D eigenvalue weighted by Crippen LogP contribution is 2.39. The molecule has 166 valence electrons. The average Bonchev–Trinajstić information content (AvgIpc) is 3.24. The second-order valence-corrected chi connectivity index (χ2v) is 8.60. The largest absolute Gasteiger partial charge is 0.497 e. The zero-order valence-corrected chi connectivity index (χ0v) is 19.5. The molecule has 0 bridgehead atoms. The molecule has 2 N–H and O–H groups in total. The van der Waals surface area contributed by atoms with Crippen LogP contribution in [0.25, 0.3) is 0 Å². The van der Waals surface area contributed by atoms with Gasteiger partial charge >= 0.3 is 0 Å². The van der Waals surface area contributed by atoms with E-state index in [0.717, 1.165) is 46.7 Å². The van der Waals surface area contributed by atoms with E-state index in [4.69, 9.17) is 15.2 Å². The number of pyridine rings is 1. The van der Waals surface area contributed by atoms with Gasteiger partial charge in [0.1, 0.15) is 16.5 Å². The van der Waals surface area contributed by atoms with Gasteiger partial charge in [0.15, 0.2) is 0 Å². The average molecular weight is 444 g/mol. The molecular formula is C23H29N3O4S. The first-order valence-corrected chi connectivity index (χ1v) is 11.2. The molecule has 2 heterocycles. The molecule has 0 saturated carbocycles. The van der Waals surface area contributed by atoms with E-state index in [9.17, 15) is 9.59 Å². The van der Waals surface area contributed by atoms with Crippen LogP contribution in [0.15, 0.2) is 23.2 Å². The van der Waals surface area contributed by atoms with Crippen LogP contribution < -0.4 is 15.2 Å². The minimum absolute atomic E-state index is 0.00882. The molecule has 0 unspecified atom stereocenters. The number of carbonyl (C=O) groups excluding carboxylic acids is 2. The summed E-state index contributed by atoms with van der Waals surface area (Å²) in [5.74, 6) is 1.11. The van der Waals surface area contributed by atoms with E-state index in [1.165, 1.54) is 11.8 Å². The van der Waals surface area contributed by atoms with Crippen LogP contribution in [0.5, 0.6) is 11.5 Å². The summed E-state index contributed by atoms with van der Waals surface area (Å²) in [6.07, 6.45) is 1.77. The van der Waals surface area contributed by atoms with Gasteiger partial charge in [-0.05, 0) is 62.9 Å². The van der Waals surface area contributed by atoms with Crippen LogP contribution in [0.4, 0.5) is 0 Å². The summed E-state index contributed by atoms with van der Waals surface area (Å²) in [5.41, 5.74) is 9.53. The van der Waals surface area contributed by atoms with Gasteiger partial charge in [-0.15, -0.1) is 0 Å². The predicted molar refractivity (Wildman–Crippen MR) is 121 cm³/mol. The van der Waals surface area contributed by atoms with Gasteiger partial charge < -0.3 is 20.1 Å². The molecule has 1 aliphatic rings. The van der Waals surface area contributed by atoms with Crippen LogP contribution in [0.2, 0.25) is 0 Å². The number of ether oxygens (including phenoxy) is 2. The minimum atomic E-state index is -0.525. The lowest BCUT2D eigenvalue weighted by Crippen LogP contribution is -2.32. The van der Waals surface area contributed by atoms with Gasteiger partial charge in [0.2, 0.25) is 5.91 Å². The van der Waals surface area contributed by atoms with Crippen molar-refractivity contribution in [3.63, 3.8) is 0 Å². The van der Waals surface area contributed by atoms with E-state index in [1.807, 2.05) is 43.9 Å². The van der Waals surface area contributed by atoms with Crippen molar-refractivity contribution in [2.45, 2.75) is 44.7 Å². The Balaban J connectivity index is 1.83. The van der Waals surface area contributed by atoms with Crippen LogP contribution in [-0.4, -0.2) is 48.2 Å². The second kappa shape index (κ2) is 9.60. The Labute approximate surface area is 187 Å². The third-order valence-electron chi connectivity index (χ3n) is 5.91. The highest BCUT2D eigenvalue weighted by molar-refractivity contribution is 8.00. The predicted octanol–water partition coefficient (Wildman–Crippen LogP) is 3.58. The van der Waals surface area contributed by atoms with Crippen molar-refractivity contribution in [3.05, 3.63) is 46.1 Å². The van der Waals surface area contributed by atoms with Gasteiger partial charge in [0, 0.05) is 17.8 Å². The summed E-state index contributed by atoms with van der Waals surface area (Å²) in [6.45, 7) is 6.35. The summed E-state index contributed by atoms with van der Waals surface area (Å²) in [7, 11) is 3.25. The maximum absolute atomic E-state index is 13.2. The number of nitrogens with zero attached hydrogens (tertiary/aromatic N) is 2. The lowest BCUT2D eigenvalue weighted by molar-refractivity contribution is -0.129. The third kappa shape index (κ3) is 4.63. The fraction of sp³-hybridized carbons (Fsp3) is 0.435. The van der Waals surface area contributed by atoms with Crippen LogP contribution in [0, 0.1) is 20.8 Å². The quantitative estimate of drug-likeness (QED) is 0.658. The van der Waals surface area contributed by atoms with Crippen LogP contribution in [0.3, 0.4) is 0 Å². The van der Waals surface area contributed by atoms with Crippen molar-refractivity contribution in [3.8, 4) is 11.5 Å². The van der Waals surface area contributed by atoms with Gasteiger partial charge in [-0.1, -0.05) is 11.8 Å². The Bertz CT molecular complexity index is 1010. The summed E-state index contributed by atoms with van der Waals surface area (Å²) < 4.78 is 10.9. The highest BCUT2D eigenvalue weighted by Gasteiger charge is 2.32. The molecule has 0 aliphatic carbocycles. The molecule has 1 fully saturated rings. The number of aromatic nitrogens is 1. The molecule has 1 atom stereocenters. The third-order valence-corrected chi connectivity index (χ3v) is 6.87. The number of benzene rings is 1. The van der Waals surface area contributed by atoms with Gasteiger partial charge in [-0.25, -0.2) is 4.98 Å². The molecule has 1 aromatic heterocycles. The van der Waals surface area contributed by atoms with Crippen LogP contribution >= 0.6 is 11.8 Å². The number of amides is 2. The van der Waals surface area contributed by atoms with Crippen molar-refractivity contribution >= 4 is 23.6 Å². The lowest BCUT2D eigenvalue weighted by Gasteiger charge is -2.26. The Hall–Kier alpha value is -2.74. The number of nitrogens with two attached hydrogens (primary N) is 1. The van der Waals surface area contributed by atoms with Crippen molar-refractivity contribution in [1.82, 2.24) is 9.88 Å². The molecule has 0 spiro atoms. The fourth-order valence-electron chi connectivity index (χ4n) is 4.01. The van der Waals surface area contributed by atoms with E-state index < -0.39 is 5.91 Å². The van der Waals surface area contributed by atoms with E-state index in [1.54, 1.807) is 14.2 Å². The number of thioether (sulfide) groups is 1. The number of likely N-dealkylation sites (tertiary alicyclic amines) is 1. The molecule has 8 heteroatoms. The van der Waals surface area contributed by atoms with E-state index in [0.29, 0.717) is 17.1 Å². The second-order valence-electron chi connectivity index (χ2n) is 7.63. The smallest absolute Gasteiger partial charge is 0.251 e. The zero-order valence-electron chi connectivity index (χ0n) is 18.7. The maximum Gasteiger partial charge on any atom is 0.251 e. The Morgan fingerprint density at radius 2 is 1.94 bits per heavy atom. The fourth-order valence-corrected chi connectivity index (χ4v) is 5.03. The molecule has 31 heavy (non-hydrogen) atoms. The van der Waals surface area contributed by atoms with Gasteiger partial charge in [0.05, 0.1) is 31.6 Å². The van der Waals surface area contributed by atoms with Crippen molar-refractivity contribution in [2.24, 2.45) is 5.73 Å². The first-order valence-electron chi connectivity index (χ1n) is 10.2. The van der Waals surface area contributed by atoms with Crippen molar-refractivity contribution in [1.29, 1.82) is 0 Å². The molecule has 2 aromatic rings. The number of aryl methyl sites for hydroxylation is 1. The number of carbonyl (C=O) groups is 2. The SMILES string of the molecule is COc1ccc(OC)c([C@H]2CCCN2C(=O)CSc2nc(C)c(C)c(C)c2C(N)=O)c1. The Morgan fingerprint density at radius 1 is 1.19 bits per heavy atom. The summed E-state index contributed by atoms with van der Waals surface area (Å²) in [4.78, 5) is 31.6. The van der Waals surface area contributed by atoms with Gasteiger partial charge in [-0.2, -0.15) is 0 Å². The van der Waals surface area contributed by atoms with Crippen molar-refractivity contribution < 1.29 is 19.1 Å². The summed E-state index contributed by atoms with van der Waals surface area (Å²) in [6, 6.07) is 5.56. The molecule has 1 aromatic carbocycles. The number of hydrogen-bond donors (Lipinski definition) is 1. The topological polar surface area (TPSA) is 94.8 Å². The summed E-state index contributed by atoms with van der Waals surface area (Å²) >= 11 is 1.26. The first-order chi connectivity index (χ1) is 14.8. The van der Waals surface area contributed by atoms with E-state index in [2.05, 4.69) is 4.98 Å². The molecule has 7 nitrogen and oxygen atoms in total. The lowest BCUT2D eigenvalue weighted by atomic mass is 10.0. The molecule has 1 saturated heterocycles. The molecule has 2 amide bonds. The number of rotatable bonds is 7. The Kier molecular flexibility index (Phi) is 7.10. The van der Waals surface area contributed by atoms with E-state index in [-0.39, 0.29) is 17.7 Å². The maximum atomic E-state index is 13.2. The zero-order chi connectivity index (χ0) is 22.7. The van der Waals surface area contributed by atoms with Crippen LogP contribution in [-0.2, 0) is 4.79 Å². The standard InChI is InChI=1S/C23H29N3O4S/c1-13-14(2)21(22(24)28)23(25-15(13)3)31-12-20(27)26-10-6-7-18(26)17-11-16(29-4)8-9-19(17)30-5/h8-9,11,18H,6-7,10,12H2,1-5H3,(H2,24,28)/t18-/m1/s1. The molecular weight excluding hydrogens is 414 g/mol. The number of primary amides is 1. The minimum Gasteiger partial charge on any atom is -0.497 e. The number of methoxy groups -OCH3 is 2.